The van der Waals surface area contributed by atoms with Crippen molar-refractivity contribution in [2.45, 2.75) is 31.8 Å². The second-order valence-electron chi connectivity index (χ2n) is 4.50. The first-order valence-corrected chi connectivity index (χ1v) is 6.29. The largest absolute Gasteiger partial charge is 0.459 e. The van der Waals surface area contributed by atoms with E-state index in [0.717, 1.165) is 0 Å². The van der Waals surface area contributed by atoms with Gasteiger partial charge in [0, 0.05) is 13.3 Å². The Bertz CT molecular complexity index is 472. The summed E-state index contributed by atoms with van der Waals surface area (Å²) in [7, 11) is 0. The maximum absolute atomic E-state index is 11.7. The average molecular weight is 280 g/mol. The average Bonchev–Trinajstić information content (AvgIpc) is 2.77. The number of rotatable bonds is 4. The predicted molar refractivity (Wildman–Crippen MR) is 67.8 cm³/mol. The van der Waals surface area contributed by atoms with Crippen molar-refractivity contribution in [2.75, 3.05) is 6.61 Å². The first-order chi connectivity index (χ1) is 9.56. The van der Waals surface area contributed by atoms with Crippen LogP contribution in [-0.2, 0) is 19.0 Å². The first-order valence-electron chi connectivity index (χ1n) is 6.29. The highest BCUT2D eigenvalue weighted by Crippen LogP contribution is 2.22. The molecule has 2 rings (SSSR count). The van der Waals surface area contributed by atoms with Crippen molar-refractivity contribution in [1.82, 2.24) is 0 Å². The smallest absolute Gasteiger partial charge is 0.338 e. The van der Waals surface area contributed by atoms with E-state index in [-0.39, 0.29) is 6.61 Å². The minimum Gasteiger partial charge on any atom is -0.459 e. The predicted octanol–water partition coefficient (Wildman–Crippen LogP) is 0.882. The van der Waals surface area contributed by atoms with Crippen LogP contribution in [0, 0.1) is 0 Å². The molecule has 1 unspecified atom stereocenters. The molecule has 1 aromatic carbocycles. The zero-order chi connectivity index (χ0) is 14.5. The van der Waals surface area contributed by atoms with Crippen molar-refractivity contribution in [1.29, 1.82) is 0 Å². The van der Waals surface area contributed by atoms with Crippen molar-refractivity contribution in [3.8, 4) is 0 Å². The van der Waals surface area contributed by atoms with Crippen molar-refractivity contribution < 1.29 is 28.9 Å². The van der Waals surface area contributed by atoms with Gasteiger partial charge in [0.15, 0.2) is 12.4 Å². The molecule has 0 aromatic heterocycles. The molecule has 0 bridgehead atoms. The number of ether oxygens (including phenoxy) is 3. The highest BCUT2D eigenvalue weighted by molar-refractivity contribution is 5.89. The maximum atomic E-state index is 11.7. The Labute approximate surface area is 116 Å². The topological polar surface area (TPSA) is 82.1 Å². The van der Waals surface area contributed by atoms with Crippen LogP contribution in [0.15, 0.2) is 30.3 Å². The lowest BCUT2D eigenvalue weighted by molar-refractivity contribution is -0.168. The second-order valence-corrected chi connectivity index (χ2v) is 4.50. The number of esters is 2. The van der Waals surface area contributed by atoms with Crippen LogP contribution in [0.4, 0.5) is 0 Å². The molecule has 1 aromatic rings. The van der Waals surface area contributed by atoms with E-state index in [2.05, 4.69) is 0 Å². The molecule has 1 N–H and O–H groups in total. The molecule has 6 heteroatoms. The summed E-state index contributed by atoms with van der Waals surface area (Å²) < 4.78 is 15.2. The molecule has 3 atom stereocenters. The Morgan fingerprint density at radius 1 is 1.35 bits per heavy atom. The zero-order valence-corrected chi connectivity index (χ0v) is 11.0. The third-order valence-electron chi connectivity index (χ3n) is 2.87. The summed E-state index contributed by atoms with van der Waals surface area (Å²) in [5, 5.41) is 9.55. The van der Waals surface area contributed by atoms with E-state index in [1.165, 1.54) is 6.92 Å². The molecule has 0 spiro atoms. The Balaban J connectivity index is 1.81. The maximum Gasteiger partial charge on any atom is 0.338 e. The summed E-state index contributed by atoms with van der Waals surface area (Å²) in [4.78, 5) is 22.5. The minimum absolute atomic E-state index is 0.00253. The second kappa shape index (κ2) is 6.49. The van der Waals surface area contributed by atoms with Crippen LogP contribution in [0.3, 0.4) is 0 Å². The van der Waals surface area contributed by atoms with Crippen LogP contribution in [-0.4, -0.2) is 42.1 Å². The Morgan fingerprint density at radius 2 is 2.05 bits per heavy atom. The minimum atomic E-state index is -1.18. The number of carbonyl (C=O) groups is 2. The van der Waals surface area contributed by atoms with Gasteiger partial charge in [0.25, 0.3) is 0 Å². The third-order valence-corrected chi connectivity index (χ3v) is 2.87. The fourth-order valence-electron chi connectivity index (χ4n) is 1.97. The number of carbonyl (C=O) groups excluding carboxylic acids is 2. The van der Waals surface area contributed by atoms with Crippen LogP contribution in [0.1, 0.15) is 23.7 Å². The van der Waals surface area contributed by atoms with Crippen LogP contribution in [0.2, 0.25) is 0 Å². The molecule has 20 heavy (non-hydrogen) atoms. The van der Waals surface area contributed by atoms with E-state index in [0.29, 0.717) is 12.0 Å². The number of aliphatic hydroxyl groups is 1. The molecule has 0 saturated carbocycles. The molecule has 6 nitrogen and oxygen atoms in total. The third kappa shape index (κ3) is 3.79. The highest BCUT2D eigenvalue weighted by Gasteiger charge is 2.36. The highest BCUT2D eigenvalue weighted by atomic mass is 16.7. The first kappa shape index (κ1) is 14.5. The van der Waals surface area contributed by atoms with Crippen molar-refractivity contribution in [3.05, 3.63) is 35.9 Å². The number of hydrogen-bond acceptors (Lipinski definition) is 6. The lowest BCUT2D eigenvalue weighted by Crippen LogP contribution is -2.25. The normalized spacial score (nSPS) is 25.2. The molecular weight excluding hydrogens is 264 g/mol. The van der Waals surface area contributed by atoms with Crippen LogP contribution < -0.4 is 0 Å². The van der Waals surface area contributed by atoms with Gasteiger partial charge in [-0.25, -0.2) is 4.79 Å². The van der Waals surface area contributed by atoms with Crippen molar-refractivity contribution >= 4 is 11.9 Å². The molecule has 1 fully saturated rings. The van der Waals surface area contributed by atoms with Gasteiger partial charge in [0.2, 0.25) is 0 Å². The van der Waals surface area contributed by atoms with Gasteiger partial charge in [0.05, 0.1) is 11.7 Å². The zero-order valence-electron chi connectivity index (χ0n) is 11.0. The van der Waals surface area contributed by atoms with Gasteiger partial charge < -0.3 is 19.3 Å². The Hall–Kier alpha value is -1.92. The summed E-state index contributed by atoms with van der Waals surface area (Å²) in [6.07, 6.45) is -2.09. The number of benzene rings is 1. The lowest BCUT2D eigenvalue weighted by atomic mass is 10.2. The van der Waals surface area contributed by atoms with Crippen LogP contribution >= 0.6 is 0 Å². The summed E-state index contributed by atoms with van der Waals surface area (Å²) in [6.45, 7) is 1.26. The molecule has 0 amide bonds. The van der Waals surface area contributed by atoms with Crippen molar-refractivity contribution in [3.63, 3.8) is 0 Å². The summed E-state index contributed by atoms with van der Waals surface area (Å²) in [5.41, 5.74) is 0.447. The van der Waals surface area contributed by atoms with Gasteiger partial charge >= 0.3 is 11.9 Å². The number of hydrogen-bond donors (Lipinski definition) is 1. The molecule has 1 heterocycles. The summed E-state index contributed by atoms with van der Waals surface area (Å²) in [6, 6.07) is 8.58. The monoisotopic (exact) mass is 280 g/mol. The SMILES string of the molecule is CC(=O)O[C@@H]1C[C@@H](COC(=O)c2ccccc2)OC1O. The van der Waals surface area contributed by atoms with Gasteiger partial charge in [-0.15, -0.1) is 0 Å². The van der Waals surface area contributed by atoms with Gasteiger partial charge in [-0.2, -0.15) is 0 Å². The Morgan fingerprint density at radius 3 is 2.70 bits per heavy atom. The molecular formula is C14H16O6. The quantitative estimate of drug-likeness (QED) is 0.825. The van der Waals surface area contributed by atoms with Gasteiger partial charge in [0.1, 0.15) is 6.61 Å². The van der Waals surface area contributed by atoms with E-state index in [9.17, 15) is 14.7 Å². The summed E-state index contributed by atoms with van der Waals surface area (Å²) >= 11 is 0. The molecule has 1 saturated heterocycles. The fourth-order valence-corrected chi connectivity index (χ4v) is 1.97. The standard InChI is InChI=1S/C14H16O6/c1-9(15)19-12-7-11(20-14(12)17)8-18-13(16)10-5-3-2-4-6-10/h2-6,11-12,14,17H,7-8H2,1H3/t11-,12+,14?/m0/s1. The van der Waals surface area contributed by atoms with E-state index >= 15 is 0 Å². The Kier molecular flexibility index (Phi) is 4.70. The van der Waals surface area contributed by atoms with E-state index in [4.69, 9.17) is 14.2 Å². The summed E-state index contributed by atoms with van der Waals surface area (Å²) in [5.74, 6) is -0.945. The molecule has 0 aliphatic carbocycles. The molecule has 108 valence electrons. The van der Waals surface area contributed by atoms with Crippen LogP contribution in [0.5, 0.6) is 0 Å². The van der Waals surface area contributed by atoms with E-state index in [1.807, 2.05) is 0 Å². The molecule has 1 aliphatic heterocycles. The lowest BCUT2D eigenvalue weighted by Gasteiger charge is -2.11. The van der Waals surface area contributed by atoms with Gasteiger partial charge in [-0.05, 0) is 12.1 Å². The van der Waals surface area contributed by atoms with E-state index in [1.54, 1.807) is 30.3 Å². The van der Waals surface area contributed by atoms with Gasteiger partial charge in [-0.3, -0.25) is 4.79 Å². The molecule has 1 aliphatic rings. The fraction of sp³-hybridized carbons (Fsp3) is 0.429. The number of aliphatic hydroxyl groups excluding tert-OH is 1. The van der Waals surface area contributed by atoms with Crippen molar-refractivity contribution in [2.24, 2.45) is 0 Å². The van der Waals surface area contributed by atoms with Crippen LogP contribution in [0.25, 0.3) is 0 Å². The van der Waals surface area contributed by atoms with E-state index < -0.39 is 30.4 Å². The molecule has 0 radical (unpaired) electrons. The van der Waals surface area contributed by atoms with Gasteiger partial charge in [-0.1, -0.05) is 18.2 Å².